The number of aliphatic imine (C=N–C) groups is 1. The topological polar surface area (TPSA) is 61.8 Å². The number of rotatable bonds is 9. The summed E-state index contributed by atoms with van der Waals surface area (Å²) in [4.78, 5) is 31.5. The molecule has 1 N–H and O–H groups in total. The molecule has 0 bridgehead atoms. The number of carbonyl (C=O) groups excluding carboxylic acids is 2. The van der Waals surface area contributed by atoms with E-state index in [4.69, 9.17) is 23.2 Å². The van der Waals surface area contributed by atoms with Gasteiger partial charge in [-0.2, -0.15) is 0 Å². The molecule has 0 saturated carbocycles. The van der Waals surface area contributed by atoms with E-state index in [0.717, 1.165) is 30.9 Å². The van der Waals surface area contributed by atoms with E-state index in [2.05, 4.69) is 24.2 Å². The van der Waals surface area contributed by atoms with Crippen molar-refractivity contribution in [2.24, 2.45) is 4.99 Å². The van der Waals surface area contributed by atoms with Gasteiger partial charge in [0, 0.05) is 25.2 Å². The highest BCUT2D eigenvalue weighted by atomic mass is 35.5. The van der Waals surface area contributed by atoms with Crippen molar-refractivity contribution in [3.63, 3.8) is 0 Å². The normalized spacial score (nSPS) is 18.4. The van der Waals surface area contributed by atoms with Crippen LogP contribution >= 0.6 is 35.0 Å². The van der Waals surface area contributed by atoms with E-state index in [1.54, 1.807) is 23.1 Å². The summed E-state index contributed by atoms with van der Waals surface area (Å²) >= 11 is 13.3. The average molecular weight is 430 g/mol. The molecular weight excluding hydrogens is 405 g/mol. The minimum atomic E-state index is -0.440. The summed E-state index contributed by atoms with van der Waals surface area (Å²) in [6.07, 6.45) is 4.06. The van der Waals surface area contributed by atoms with Gasteiger partial charge in [-0.3, -0.25) is 19.5 Å². The number of hydrogen-bond acceptors (Lipinski definition) is 4. The first-order chi connectivity index (χ1) is 13.0. The van der Waals surface area contributed by atoms with Crippen LogP contribution in [0.25, 0.3) is 0 Å². The van der Waals surface area contributed by atoms with E-state index < -0.39 is 5.25 Å². The Kier molecular flexibility index (Phi) is 8.93. The Hall–Kier alpha value is -1.24. The summed E-state index contributed by atoms with van der Waals surface area (Å²) < 4.78 is 0. The second kappa shape index (κ2) is 10.9. The van der Waals surface area contributed by atoms with Gasteiger partial charge in [-0.15, -0.1) is 0 Å². The Labute approximate surface area is 174 Å². The molecule has 1 aromatic rings. The van der Waals surface area contributed by atoms with Gasteiger partial charge in [0.05, 0.1) is 10.0 Å². The van der Waals surface area contributed by atoms with Crippen molar-refractivity contribution < 1.29 is 9.59 Å². The maximum absolute atomic E-state index is 12.7. The SMILES string of the molecule is CCCCN=C1SC(CC(=O)Nc2ccc(Cl)c(Cl)c2)C(=O)N1CCCC. The van der Waals surface area contributed by atoms with Crippen molar-refractivity contribution in [1.82, 2.24) is 4.90 Å². The number of halogens is 2. The summed E-state index contributed by atoms with van der Waals surface area (Å²) in [5.74, 6) is -0.266. The Morgan fingerprint density at radius 2 is 1.96 bits per heavy atom. The number of amidine groups is 1. The zero-order valence-electron chi connectivity index (χ0n) is 15.6. The fraction of sp³-hybridized carbons (Fsp3) is 0.526. The minimum Gasteiger partial charge on any atom is -0.326 e. The standard InChI is InChI=1S/C19H25Cl2N3O2S/c1-3-5-9-22-19-24(10-6-4-2)18(26)16(27-19)12-17(25)23-13-7-8-14(20)15(21)11-13/h7-8,11,16H,3-6,9-10,12H2,1-2H3,(H,23,25). The largest absolute Gasteiger partial charge is 0.326 e. The van der Waals surface area contributed by atoms with Crippen molar-refractivity contribution in [2.45, 2.75) is 51.2 Å². The number of carbonyl (C=O) groups is 2. The van der Waals surface area contributed by atoms with Crippen LogP contribution in [-0.4, -0.2) is 40.2 Å². The molecule has 1 unspecified atom stereocenters. The van der Waals surface area contributed by atoms with E-state index in [-0.39, 0.29) is 18.2 Å². The highest BCUT2D eigenvalue weighted by Crippen LogP contribution is 2.31. The Morgan fingerprint density at radius 3 is 2.63 bits per heavy atom. The summed E-state index contributed by atoms with van der Waals surface area (Å²) in [5, 5.41) is 3.88. The number of thioether (sulfide) groups is 1. The zero-order valence-corrected chi connectivity index (χ0v) is 18.0. The second-order valence-corrected chi connectivity index (χ2v) is 8.33. The van der Waals surface area contributed by atoms with Crippen LogP contribution in [0.2, 0.25) is 10.0 Å². The molecule has 8 heteroatoms. The van der Waals surface area contributed by atoms with Crippen LogP contribution in [0, 0.1) is 0 Å². The molecule has 148 valence electrons. The third-order valence-corrected chi connectivity index (χ3v) is 6.04. The third kappa shape index (κ3) is 6.40. The van der Waals surface area contributed by atoms with Crippen molar-refractivity contribution in [2.75, 3.05) is 18.4 Å². The number of unbranched alkanes of at least 4 members (excludes halogenated alkanes) is 2. The molecule has 2 amide bonds. The molecular formula is C19H25Cl2N3O2S. The highest BCUT2D eigenvalue weighted by molar-refractivity contribution is 8.15. The number of hydrogen-bond donors (Lipinski definition) is 1. The highest BCUT2D eigenvalue weighted by Gasteiger charge is 2.38. The average Bonchev–Trinajstić information content (AvgIpc) is 2.91. The van der Waals surface area contributed by atoms with Crippen LogP contribution in [0.15, 0.2) is 23.2 Å². The van der Waals surface area contributed by atoms with Crippen molar-refractivity contribution in [3.05, 3.63) is 28.2 Å². The van der Waals surface area contributed by atoms with Gasteiger partial charge in [0.25, 0.3) is 0 Å². The lowest BCUT2D eigenvalue weighted by atomic mass is 10.2. The van der Waals surface area contributed by atoms with Crippen molar-refractivity contribution in [3.8, 4) is 0 Å². The first-order valence-corrected chi connectivity index (χ1v) is 10.9. The number of anilines is 1. The van der Waals surface area contributed by atoms with E-state index >= 15 is 0 Å². The van der Waals surface area contributed by atoms with Gasteiger partial charge in [-0.05, 0) is 31.0 Å². The number of amides is 2. The summed E-state index contributed by atoms with van der Waals surface area (Å²) in [6, 6.07) is 4.90. The first kappa shape index (κ1) is 22.1. The van der Waals surface area contributed by atoms with Gasteiger partial charge in [0.15, 0.2) is 5.17 Å². The molecule has 0 spiro atoms. The predicted octanol–water partition coefficient (Wildman–Crippen LogP) is 5.22. The van der Waals surface area contributed by atoms with E-state index in [1.807, 2.05) is 0 Å². The van der Waals surface area contributed by atoms with Crippen LogP contribution in [0.1, 0.15) is 46.0 Å². The molecule has 1 fully saturated rings. The molecule has 27 heavy (non-hydrogen) atoms. The number of nitrogens with zero attached hydrogens (tertiary/aromatic N) is 2. The van der Waals surface area contributed by atoms with Gasteiger partial charge in [-0.25, -0.2) is 0 Å². The fourth-order valence-corrected chi connectivity index (χ4v) is 4.06. The second-order valence-electron chi connectivity index (χ2n) is 6.35. The molecule has 1 aromatic carbocycles. The molecule has 2 rings (SSSR count). The Morgan fingerprint density at radius 1 is 1.22 bits per heavy atom. The maximum Gasteiger partial charge on any atom is 0.242 e. The maximum atomic E-state index is 12.7. The van der Waals surface area contributed by atoms with Crippen LogP contribution < -0.4 is 5.32 Å². The third-order valence-electron chi connectivity index (χ3n) is 4.09. The van der Waals surface area contributed by atoms with E-state index in [9.17, 15) is 9.59 Å². The predicted molar refractivity (Wildman–Crippen MR) is 115 cm³/mol. The lowest BCUT2D eigenvalue weighted by Crippen LogP contribution is -2.34. The smallest absolute Gasteiger partial charge is 0.242 e. The van der Waals surface area contributed by atoms with Gasteiger partial charge < -0.3 is 5.32 Å². The van der Waals surface area contributed by atoms with Gasteiger partial charge in [-0.1, -0.05) is 61.7 Å². The molecule has 1 aliphatic rings. The van der Waals surface area contributed by atoms with Crippen molar-refractivity contribution >= 4 is 57.6 Å². The summed E-state index contributed by atoms with van der Waals surface area (Å²) in [6.45, 7) is 5.55. The van der Waals surface area contributed by atoms with E-state index in [1.165, 1.54) is 11.8 Å². The molecule has 0 aliphatic carbocycles. The first-order valence-electron chi connectivity index (χ1n) is 9.23. The Bertz CT molecular complexity index is 712. The monoisotopic (exact) mass is 429 g/mol. The van der Waals surface area contributed by atoms with Gasteiger partial charge in [0.1, 0.15) is 5.25 Å². The van der Waals surface area contributed by atoms with Gasteiger partial charge >= 0.3 is 0 Å². The Balaban J connectivity index is 2.01. The number of nitrogens with one attached hydrogen (secondary N) is 1. The van der Waals surface area contributed by atoms with Crippen molar-refractivity contribution in [1.29, 1.82) is 0 Å². The lowest BCUT2D eigenvalue weighted by molar-refractivity contribution is -0.128. The fourth-order valence-electron chi connectivity index (χ4n) is 2.57. The molecule has 1 aliphatic heterocycles. The zero-order chi connectivity index (χ0) is 19.8. The molecule has 5 nitrogen and oxygen atoms in total. The quantitative estimate of drug-likeness (QED) is 0.547. The summed E-state index contributed by atoms with van der Waals surface area (Å²) in [5.41, 5.74) is 0.560. The van der Waals surface area contributed by atoms with Crippen LogP contribution in [0.3, 0.4) is 0 Å². The van der Waals surface area contributed by atoms with Crippen LogP contribution in [0.5, 0.6) is 0 Å². The van der Waals surface area contributed by atoms with E-state index in [0.29, 0.717) is 28.8 Å². The summed E-state index contributed by atoms with van der Waals surface area (Å²) in [7, 11) is 0. The van der Waals surface area contributed by atoms with Gasteiger partial charge in [0.2, 0.25) is 11.8 Å². The number of benzene rings is 1. The van der Waals surface area contributed by atoms with Crippen LogP contribution in [-0.2, 0) is 9.59 Å². The molecule has 1 atom stereocenters. The molecule has 0 radical (unpaired) electrons. The molecule has 0 aromatic heterocycles. The molecule has 1 heterocycles. The van der Waals surface area contributed by atoms with Crippen LogP contribution in [0.4, 0.5) is 5.69 Å². The minimum absolute atomic E-state index is 0.0343. The molecule has 1 saturated heterocycles. The lowest BCUT2D eigenvalue weighted by Gasteiger charge is -2.16.